The van der Waals surface area contributed by atoms with Crippen molar-refractivity contribution >= 4 is 17.6 Å². The fraction of sp³-hybridized carbons (Fsp3) is 1.00. The highest BCUT2D eigenvalue weighted by molar-refractivity contribution is 6.54. The smallest absolute Gasteiger partial charge is 0.0274 e. The van der Waals surface area contributed by atoms with E-state index in [0.29, 0.717) is 0 Å². The molecule has 9 heavy (non-hydrogen) atoms. The molecular formula is C6H23NSi2. The minimum absolute atomic E-state index is 0. The summed E-state index contributed by atoms with van der Waals surface area (Å²) in [4.78, 5) is 0. The van der Waals surface area contributed by atoms with Gasteiger partial charge in [-0.15, -0.1) is 0 Å². The molecule has 0 atom stereocenters. The first-order valence-electron chi connectivity index (χ1n) is 3.46. The zero-order valence-corrected chi connectivity index (χ0v) is 10.2. The van der Waals surface area contributed by atoms with E-state index in [1.54, 1.807) is 0 Å². The van der Waals surface area contributed by atoms with Gasteiger partial charge in [0.1, 0.15) is 0 Å². The van der Waals surface area contributed by atoms with E-state index < -0.39 is 0 Å². The van der Waals surface area contributed by atoms with Gasteiger partial charge in [0.05, 0.1) is 0 Å². The lowest BCUT2D eigenvalue weighted by atomic mass is 11.8. The van der Waals surface area contributed by atoms with Crippen molar-refractivity contribution in [2.24, 2.45) is 0 Å². The molecule has 0 bridgehead atoms. The van der Waals surface area contributed by atoms with Crippen LogP contribution in [0, 0.1) is 0 Å². The van der Waals surface area contributed by atoms with E-state index in [2.05, 4.69) is 39.3 Å². The highest BCUT2D eigenvalue weighted by Crippen LogP contribution is 1.68. The average Bonchev–Trinajstić information content (AvgIpc) is 1.25. The van der Waals surface area contributed by atoms with E-state index in [4.69, 9.17) is 0 Å². The molecule has 0 aliphatic heterocycles. The molecule has 0 fully saturated rings. The molecule has 0 aromatic heterocycles. The molecule has 0 unspecified atom stereocenters. The number of rotatable bonds is 0. The molecule has 1 nitrogen and oxygen atoms in total. The maximum absolute atomic E-state index is 2.31. The standard InChI is InChI=1S/2C3H10Si.H3N/c2*1-4(2)3;/h2*4H,1-3H3;1H3. The summed E-state index contributed by atoms with van der Waals surface area (Å²) in [6.45, 7) is 13.8. The highest BCUT2D eigenvalue weighted by Gasteiger charge is 1.71. The van der Waals surface area contributed by atoms with Crippen molar-refractivity contribution in [3.05, 3.63) is 0 Å². The van der Waals surface area contributed by atoms with Gasteiger partial charge in [-0.2, -0.15) is 0 Å². The zero-order chi connectivity index (χ0) is 7.15. The summed E-state index contributed by atoms with van der Waals surface area (Å²) in [5.74, 6) is 0. The Morgan fingerprint density at radius 2 is 0.556 bits per heavy atom. The second-order valence-electron chi connectivity index (χ2n) is 3.46. The first-order chi connectivity index (χ1) is 3.46. The third kappa shape index (κ3) is 2210. The van der Waals surface area contributed by atoms with Crippen LogP contribution in [0.15, 0.2) is 0 Å². The summed E-state index contributed by atoms with van der Waals surface area (Å²) in [5.41, 5.74) is 0. The van der Waals surface area contributed by atoms with Crippen LogP contribution in [0.1, 0.15) is 0 Å². The van der Waals surface area contributed by atoms with Gasteiger partial charge in [0, 0.05) is 17.6 Å². The van der Waals surface area contributed by atoms with Gasteiger partial charge < -0.3 is 6.15 Å². The molecule has 0 aromatic rings. The van der Waals surface area contributed by atoms with Crippen molar-refractivity contribution in [3.8, 4) is 0 Å². The molecule has 0 aromatic carbocycles. The van der Waals surface area contributed by atoms with Crippen LogP contribution in [-0.4, -0.2) is 17.6 Å². The van der Waals surface area contributed by atoms with Gasteiger partial charge in [-0.05, 0) is 0 Å². The predicted octanol–water partition coefficient (Wildman–Crippen LogP) is 2.37. The maximum atomic E-state index is 2.31. The molecule has 0 aliphatic rings. The Morgan fingerprint density at radius 1 is 0.556 bits per heavy atom. The molecule has 0 spiro atoms. The van der Waals surface area contributed by atoms with Crippen molar-refractivity contribution in [2.75, 3.05) is 0 Å². The number of hydrogen-bond donors (Lipinski definition) is 1. The Balaban J connectivity index is -0.0000000720. The summed E-state index contributed by atoms with van der Waals surface area (Å²) in [7, 11) is -0.278. The molecule has 0 radical (unpaired) electrons. The third-order valence-electron chi connectivity index (χ3n) is 0. The monoisotopic (exact) mass is 165 g/mol. The van der Waals surface area contributed by atoms with E-state index in [9.17, 15) is 0 Å². The van der Waals surface area contributed by atoms with Crippen molar-refractivity contribution in [1.29, 1.82) is 0 Å². The van der Waals surface area contributed by atoms with Gasteiger partial charge in [0.2, 0.25) is 0 Å². The van der Waals surface area contributed by atoms with Gasteiger partial charge in [-0.3, -0.25) is 0 Å². The van der Waals surface area contributed by atoms with Crippen molar-refractivity contribution < 1.29 is 0 Å². The first-order valence-corrected chi connectivity index (χ1v) is 10.4. The zero-order valence-electron chi connectivity index (χ0n) is 7.86. The molecule has 0 rings (SSSR count). The normalized spacial score (nSPS) is 8.00. The Hall–Kier alpha value is 0.394. The molecule has 0 saturated heterocycles. The lowest BCUT2D eigenvalue weighted by Gasteiger charge is -1.75. The van der Waals surface area contributed by atoms with Crippen molar-refractivity contribution in [2.45, 2.75) is 39.3 Å². The van der Waals surface area contributed by atoms with E-state index in [0.717, 1.165) is 0 Å². The molecule has 0 aliphatic carbocycles. The molecular weight excluding hydrogens is 142 g/mol. The topological polar surface area (TPSA) is 35.0 Å². The summed E-state index contributed by atoms with van der Waals surface area (Å²) in [6.07, 6.45) is 0. The van der Waals surface area contributed by atoms with E-state index in [-0.39, 0.29) is 23.7 Å². The fourth-order valence-electron chi connectivity index (χ4n) is 0. The van der Waals surface area contributed by atoms with Gasteiger partial charge in [-0.25, -0.2) is 0 Å². The fourth-order valence-corrected chi connectivity index (χ4v) is 0. The average molecular weight is 165 g/mol. The Bertz CT molecular complexity index is 26.5. The van der Waals surface area contributed by atoms with Crippen LogP contribution in [0.3, 0.4) is 0 Å². The van der Waals surface area contributed by atoms with Crippen LogP contribution < -0.4 is 6.15 Å². The van der Waals surface area contributed by atoms with Crippen LogP contribution in [-0.2, 0) is 0 Å². The SMILES string of the molecule is C[SiH](C)C.C[SiH](C)C.N. The minimum atomic E-state index is -0.139. The quantitative estimate of drug-likeness (QED) is 0.550. The summed E-state index contributed by atoms with van der Waals surface area (Å²) in [5, 5.41) is 0. The van der Waals surface area contributed by atoms with Gasteiger partial charge >= 0.3 is 0 Å². The second-order valence-corrected chi connectivity index (χ2v) is 10.4. The van der Waals surface area contributed by atoms with Crippen molar-refractivity contribution in [1.82, 2.24) is 6.15 Å². The number of hydrogen-bond acceptors (Lipinski definition) is 1. The highest BCUT2D eigenvalue weighted by atomic mass is 28.3. The van der Waals surface area contributed by atoms with E-state index >= 15 is 0 Å². The van der Waals surface area contributed by atoms with Crippen LogP contribution in [0.5, 0.6) is 0 Å². The molecule has 3 heteroatoms. The van der Waals surface area contributed by atoms with Gasteiger partial charge in [0.25, 0.3) is 0 Å². The Morgan fingerprint density at radius 3 is 0.556 bits per heavy atom. The van der Waals surface area contributed by atoms with Gasteiger partial charge in [-0.1, -0.05) is 39.3 Å². The van der Waals surface area contributed by atoms with E-state index in [1.807, 2.05) is 0 Å². The molecule has 0 saturated carbocycles. The van der Waals surface area contributed by atoms with E-state index in [1.165, 1.54) is 0 Å². The summed E-state index contributed by atoms with van der Waals surface area (Å²) >= 11 is 0. The Labute approximate surface area is 63.7 Å². The lowest BCUT2D eigenvalue weighted by molar-refractivity contribution is 1.91. The van der Waals surface area contributed by atoms with Crippen LogP contribution in [0.25, 0.3) is 0 Å². The molecule has 3 N–H and O–H groups in total. The van der Waals surface area contributed by atoms with Crippen LogP contribution >= 0.6 is 0 Å². The molecule has 60 valence electrons. The summed E-state index contributed by atoms with van der Waals surface area (Å²) < 4.78 is 0. The minimum Gasteiger partial charge on any atom is -0.344 e. The predicted molar refractivity (Wildman–Crippen MR) is 54.5 cm³/mol. The van der Waals surface area contributed by atoms with Crippen LogP contribution in [0.2, 0.25) is 39.3 Å². The van der Waals surface area contributed by atoms with Crippen molar-refractivity contribution in [3.63, 3.8) is 0 Å². The first kappa shape index (κ1) is 16.2. The van der Waals surface area contributed by atoms with Crippen LogP contribution in [0.4, 0.5) is 0 Å². The molecule has 0 amide bonds. The van der Waals surface area contributed by atoms with Gasteiger partial charge in [0.15, 0.2) is 0 Å². The second kappa shape index (κ2) is 11.2. The third-order valence-corrected chi connectivity index (χ3v) is 0. The Kier molecular flexibility index (Phi) is 20.2. The largest absolute Gasteiger partial charge is 0.344 e. The maximum Gasteiger partial charge on any atom is 0.0274 e. The summed E-state index contributed by atoms with van der Waals surface area (Å²) in [6, 6.07) is 0. The molecule has 0 heterocycles. The lowest BCUT2D eigenvalue weighted by Crippen LogP contribution is -1.84.